The number of fused-ring (bicyclic) bond motifs is 1. The molecule has 0 saturated carbocycles. The second-order valence-corrected chi connectivity index (χ2v) is 8.23. The molecule has 3 rings (SSSR count). The van der Waals surface area contributed by atoms with Crippen LogP contribution in [-0.4, -0.2) is 21.1 Å². The maximum absolute atomic E-state index is 12.7. The average molecular weight is 327 g/mol. The summed E-state index contributed by atoms with van der Waals surface area (Å²) in [6.45, 7) is 4.84. The van der Waals surface area contributed by atoms with E-state index in [9.17, 15) is 4.79 Å². The molecule has 6 heteroatoms. The monoisotopic (exact) mass is 326 g/mol. The molecule has 0 amide bonds. The molecule has 0 radical (unpaired) electrons. The molecule has 1 aliphatic rings. The Kier molecular flexibility index (Phi) is 4.06. The molecule has 0 aromatic carbocycles. The van der Waals surface area contributed by atoms with Crippen LogP contribution < -0.4 is 5.56 Å². The van der Waals surface area contributed by atoms with Gasteiger partial charge in [0.05, 0.1) is 5.39 Å². The second kappa shape index (κ2) is 5.66. The number of hydrogen-bond donors (Lipinski definition) is 1. The number of H-pyrrole nitrogens is 1. The predicted molar refractivity (Wildman–Crippen MR) is 90.8 cm³/mol. The smallest absolute Gasteiger partial charge is 0.263 e. The summed E-state index contributed by atoms with van der Waals surface area (Å²) in [6, 6.07) is 0. The molecule has 3 nitrogen and oxygen atoms in total. The summed E-state index contributed by atoms with van der Waals surface area (Å²) in [6.07, 6.45) is 2.37. The van der Waals surface area contributed by atoms with Crippen molar-refractivity contribution in [3.8, 4) is 0 Å². The molecule has 3 heterocycles. The van der Waals surface area contributed by atoms with Crippen LogP contribution in [0.25, 0.3) is 10.2 Å². The van der Waals surface area contributed by atoms with Crippen LogP contribution in [0.5, 0.6) is 0 Å². The maximum atomic E-state index is 12.7. The van der Waals surface area contributed by atoms with E-state index in [1.54, 1.807) is 15.9 Å². The van der Waals surface area contributed by atoms with Crippen LogP contribution in [0.4, 0.5) is 0 Å². The van der Waals surface area contributed by atoms with Crippen molar-refractivity contribution >= 4 is 45.5 Å². The van der Waals surface area contributed by atoms with Gasteiger partial charge in [-0.2, -0.15) is 11.8 Å². The first-order chi connectivity index (χ1) is 9.58. The normalized spacial score (nSPS) is 16.9. The molecule has 0 aliphatic carbocycles. The zero-order valence-corrected chi connectivity index (χ0v) is 14.1. The fourth-order valence-electron chi connectivity index (χ4n) is 2.72. The molecule has 1 N–H and O–H groups in total. The van der Waals surface area contributed by atoms with E-state index in [1.807, 2.05) is 18.7 Å². The van der Waals surface area contributed by atoms with Crippen LogP contribution in [0.15, 0.2) is 4.79 Å². The van der Waals surface area contributed by atoms with E-state index in [1.165, 1.54) is 29.2 Å². The molecular formula is C14H18N2OS3. The Hall–Kier alpha value is -0.590. The van der Waals surface area contributed by atoms with E-state index in [2.05, 4.69) is 11.9 Å². The minimum Gasteiger partial charge on any atom is -0.323 e. The lowest BCUT2D eigenvalue weighted by atomic mass is 10.0. The van der Waals surface area contributed by atoms with Gasteiger partial charge < -0.3 is 4.98 Å². The third kappa shape index (κ3) is 2.49. The SMILES string of the molecule is Cc1sc2[nH]c(=S)n(CC3CCSCC3)c(=O)c2c1C. The fourth-order valence-corrected chi connectivity index (χ4v) is 5.30. The minimum absolute atomic E-state index is 0.0869. The van der Waals surface area contributed by atoms with Gasteiger partial charge in [-0.05, 0) is 61.9 Å². The van der Waals surface area contributed by atoms with Crippen molar-refractivity contribution in [2.24, 2.45) is 5.92 Å². The predicted octanol–water partition coefficient (Wildman–Crippen LogP) is 3.88. The highest BCUT2D eigenvalue weighted by molar-refractivity contribution is 7.99. The van der Waals surface area contributed by atoms with Gasteiger partial charge in [-0.15, -0.1) is 11.3 Å². The largest absolute Gasteiger partial charge is 0.323 e. The standard InChI is InChI=1S/C14H18N2OS3/c1-8-9(2)20-12-11(8)13(17)16(14(18)15-12)7-10-3-5-19-6-4-10/h10H,3-7H2,1-2H3,(H,15,18). The van der Waals surface area contributed by atoms with E-state index in [4.69, 9.17) is 12.2 Å². The van der Waals surface area contributed by atoms with Crippen LogP contribution in [0.3, 0.4) is 0 Å². The number of thiophene rings is 1. The molecule has 0 bridgehead atoms. The van der Waals surface area contributed by atoms with Crippen molar-refractivity contribution in [3.63, 3.8) is 0 Å². The molecule has 1 fully saturated rings. The van der Waals surface area contributed by atoms with Crippen molar-refractivity contribution < 1.29 is 0 Å². The second-order valence-electron chi connectivity index (χ2n) is 5.39. The molecule has 1 saturated heterocycles. The quantitative estimate of drug-likeness (QED) is 0.851. The van der Waals surface area contributed by atoms with Gasteiger partial charge in [-0.1, -0.05) is 0 Å². The number of nitrogens with one attached hydrogen (secondary N) is 1. The lowest BCUT2D eigenvalue weighted by Crippen LogP contribution is -2.27. The maximum Gasteiger partial charge on any atom is 0.263 e. The number of aromatic nitrogens is 2. The average Bonchev–Trinajstić information content (AvgIpc) is 2.71. The van der Waals surface area contributed by atoms with Crippen LogP contribution in [0.2, 0.25) is 0 Å². The number of rotatable bonds is 2. The fraction of sp³-hybridized carbons (Fsp3) is 0.571. The van der Waals surface area contributed by atoms with E-state index in [0.717, 1.165) is 22.3 Å². The zero-order valence-electron chi connectivity index (χ0n) is 11.7. The Morgan fingerprint density at radius 3 is 2.75 bits per heavy atom. The molecule has 2 aromatic heterocycles. The van der Waals surface area contributed by atoms with Gasteiger partial charge in [-0.25, -0.2) is 0 Å². The van der Waals surface area contributed by atoms with Crippen LogP contribution >= 0.6 is 35.3 Å². The number of aromatic amines is 1. The minimum atomic E-state index is 0.0869. The molecule has 20 heavy (non-hydrogen) atoms. The summed E-state index contributed by atoms with van der Waals surface area (Å²) in [5.41, 5.74) is 1.18. The summed E-state index contributed by atoms with van der Waals surface area (Å²) in [4.78, 5) is 18.1. The highest BCUT2D eigenvalue weighted by atomic mass is 32.2. The number of nitrogens with zero attached hydrogens (tertiary/aromatic N) is 1. The van der Waals surface area contributed by atoms with E-state index >= 15 is 0 Å². The van der Waals surface area contributed by atoms with E-state index in [0.29, 0.717) is 10.7 Å². The molecule has 2 aromatic rings. The van der Waals surface area contributed by atoms with Crippen molar-refractivity contribution in [1.29, 1.82) is 0 Å². The summed E-state index contributed by atoms with van der Waals surface area (Å²) in [5, 5.41) is 0.825. The Morgan fingerprint density at radius 1 is 1.35 bits per heavy atom. The Balaban J connectivity index is 2.08. The van der Waals surface area contributed by atoms with Gasteiger partial charge in [0.25, 0.3) is 5.56 Å². The van der Waals surface area contributed by atoms with Gasteiger partial charge in [0.1, 0.15) is 4.83 Å². The van der Waals surface area contributed by atoms with E-state index in [-0.39, 0.29) is 5.56 Å². The molecule has 0 atom stereocenters. The first-order valence-corrected chi connectivity index (χ1v) is 9.26. The summed E-state index contributed by atoms with van der Waals surface area (Å²) in [7, 11) is 0. The third-order valence-electron chi connectivity index (χ3n) is 4.09. The summed E-state index contributed by atoms with van der Waals surface area (Å²) < 4.78 is 2.35. The van der Waals surface area contributed by atoms with Gasteiger partial charge in [0.2, 0.25) is 0 Å². The summed E-state index contributed by atoms with van der Waals surface area (Å²) >= 11 is 9.03. The topological polar surface area (TPSA) is 37.8 Å². The Bertz CT molecular complexity index is 750. The van der Waals surface area contributed by atoms with Crippen molar-refractivity contribution in [2.45, 2.75) is 33.2 Å². The highest BCUT2D eigenvalue weighted by Crippen LogP contribution is 2.27. The van der Waals surface area contributed by atoms with Gasteiger partial charge in [-0.3, -0.25) is 9.36 Å². The first-order valence-electron chi connectivity index (χ1n) is 6.88. The first kappa shape index (κ1) is 14.4. The van der Waals surface area contributed by atoms with Crippen molar-refractivity contribution in [3.05, 3.63) is 25.6 Å². The van der Waals surface area contributed by atoms with Gasteiger partial charge >= 0.3 is 0 Å². The number of aryl methyl sites for hydroxylation is 2. The summed E-state index contributed by atoms with van der Waals surface area (Å²) in [5.74, 6) is 2.99. The van der Waals surface area contributed by atoms with Crippen LogP contribution in [0, 0.1) is 24.5 Å². The van der Waals surface area contributed by atoms with Crippen LogP contribution in [-0.2, 0) is 6.54 Å². The molecule has 0 spiro atoms. The van der Waals surface area contributed by atoms with Crippen LogP contribution in [0.1, 0.15) is 23.3 Å². The Morgan fingerprint density at radius 2 is 2.05 bits per heavy atom. The Labute approximate surface area is 131 Å². The highest BCUT2D eigenvalue weighted by Gasteiger charge is 2.18. The van der Waals surface area contributed by atoms with Gasteiger partial charge in [0, 0.05) is 11.4 Å². The lowest BCUT2D eigenvalue weighted by molar-refractivity contribution is 0.406. The number of thioether (sulfide) groups is 1. The third-order valence-corrected chi connectivity index (χ3v) is 6.59. The lowest BCUT2D eigenvalue weighted by Gasteiger charge is -2.22. The number of hydrogen-bond acceptors (Lipinski definition) is 4. The zero-order chi connectivity index (χ0) is 14.3. The molecule has 108 valence electrons. The van der Waals surface area contributed by atoms with E-state index < -0.39 is 0 Å². The molecule has 0 unspecified atom stereocenters. The van der Waals surface area contributed by atoms with Crippen molar-refractivity contribution in [2.75, 3.05) is 11.5 Å². The van der Waals surface area contributed by atoms with Gasteiger partial charge in [0.15, 0.2) is 4.77 Å². The van der Waals surface area contributed by atoms with Crippen molar-refractivity contribution in [1.82, 2.24) is 9.55 Å². The molecule has 1 aliphatic heterocycles. The molecular weight excluding hydrogens is 308 g/mol.